The summed E-state index contributed by atoms with van der Waals surface area (Å²) in [7, 11) is 0. The molecule has 0 amide bonds. The predicted molar refractivity (Wildman–Crippen MR) is 76.8 cm³/mol. The van der Waals surface area contributed by atoms with E-state index in [1.54, 1.807) is 11.8 Å². The van der Waals surface area contributed by atoms with Crippen molar-refractivity contribution in [2.75, 3.05) is 5.73 Å². The molecule has 1 nitrogen and oxygen atoms in total. The first-order valence-corrected chi connectivity index (χ1v) is 7.04. The molecular weight excluding hydrogens is 350 g/mol. The second-order valence-electron chi connectivity index (χ2n) is 3.25. The van der Waals surface area contributed by atoms with Gasteiger partial charge in [-0.15, -0.1) is 0 Å². The molecule has 2 N–H and O–H groups in total. The number of benzene rings is 2. The predicted octanol–water partition coefficient (Wildman–Crippen LogP) is 4.95. The Bertz CT molecular complexity index is 497. The third-order valence-corrected chi connectivity index (χ3v) is 4.53. The van der Waals surface area contributed by atoms with Crippen LogP contribution in [0.25, 0.3) is 0 Å². The molecule has 82 valence electrons. The Morgan fingerprint density at radius 1 is 0.938 bits per heavy atom. The molecule has 0 aromatic heterocycles. The monoisotopic (exact) mass is 357 g/mol. The highest BCUT2D eigenvalue weighted by molar-refractivity contribution is 9.10. The van der Waals surface area contributed by atoms with Gasteiger partial charge in [0.1, 0.15) is 0 Å². The largest absolute Gasteiger partial charge is 0.399 e. The smallest absolute Gasteiger partial charge is 0.0335 e. The molecule has 0 aliphatic carbocycles. The Labute approximate surface area is 116 Å². The van der Waals surface area contributed by atoms with Crippen molar-refractivity contribution in [1.29, 1.82) is 0 Å². The average molecular weight is 359 g/mol. The summed E-state index contributed by atoms with van der Waals surface area (Å²) in [4.78, 5) is 2.37. The quantitative estimate of drug-likeness (QED) is 0.769. The molecule has 0 atom stereocenters. The normalized spacial score (nSPS) is 10.4. The molecule has 0 aliphatic heterocycles. The van der Waals surface area contributed by atoms with Crippen LogP contribution >= 0.6 is 43.6 Å². The van der Waals surface area contributed by atoms with Gasteiger partial charge in [-0.3, -0.25) is 0 Å². The number of halogens is 2. The maximum Gasteiger partial charge on any atom is 0.0335 e. The third-order valence-electron chi connectivity index (χ3n) is 2.00. The minimum atomic E-state index is 0.770. The Morgan fingerprint density at radius 2 is 1.62 bits per heavy atom. The van der Waals surface area contributed by atoms with Crippen LogP contribution in [0.5, 0.6) is 0 Å². The topological polar surface area (TPSA) is 26.0 Å². The fourth-order valence-electron chi connectivity index (χ4n) is 1.23. The fourth-order valence-corrected chi connectivity index (χ4v) is 2.95. The van der Waals surface area contributed by atoms with Crippen LogP contribution in [0.15, 0.2) is 61.2 Å². The first-order valence-electron chi connectivity index (χ1n) is 4.63. The molecule has 0 spiro atoms. The van der Waals surface area contributed by atoms with Gasteiger partial charge in [0.05, 0.1) is 0 Å². The lowest BCUT2D eigenvalue weighted by molar-refractivity contribution is 1.37. The molecule has 2 rings (SSSR count). The third kappa shape index (κ3) is 3.03. The summed E-state index contributed by atoms with van der Waals surface area (Å²) in [5.41, 5.74) is 6.47. The average Bonchev–Trinajstić information content (AvgIpc) is 2.25. The van der Waals surface area contributed by atoms with E-state index >= 15 is 0 Å². The lowest BCUT2D eigenvalue weighted by Crippen LogP contribution is -1.84. The highest BCUT2D eigenvalue weighted by atomic mass is 79.9. The van der Waals surface area contributed by atoms with E-state index in [0.29, 0.717) is 0 Å². The van der Waals surface area contributed by atoms with Crippen LogP contribution < -0.4 is 5.73 Å². The molecule has 2 aromatic carbocycles. The summed E-state index contributed by atoms with van der Waals surface area (Å²) in [6, 6.07) is 14.1. The highest BCUT2D eigenvalue weighted by Gasteiger charge is 2.02. The van der Waals surface area contributed by atoms with E-state index < -0.39 is 0 Å². The van der Waals surface area contributed by atoms with Crippen molar-refractivity contribution in [2.24, 2.45) is 0 Å². The van der Waals surface area contributed by atoms with Crippen LogP contribution in [0, 0.1) is 0 Å². The minimum absolute atomic E-state index is 0.770. The Morgan fingerprint density at radius 3 is 2.25 bits per heavy atom. The summed E-state index contributed by atoms with van der Waals surface area (Å²) in [6.45, 7) is 0. The van der Waals surface area contributed by atoms with E-state index in [1.807, 2.05) is 30.3 Å². The molecule has 0 bridgehead atoms. The number of nitrogen functional groups attached to an aromatic ring is 1. The van der Waals surface area contributed by atoms with Gasteiger partial charge in [0.2, 0.25) is 0 Å². The molecule has 0 saturated carbocycles. The first kappa shape index (κ1) is 12.0. The SMILES string of the molecule is Nc1ccc(Sc2ccc(Br)cc2)c(Br)c1. The maximum absolute atomic E-state index is 5.70. The zero-order valence-corrected chi connectivity index (χ0v) is 12.3. The molecule has 0 saturated heterocycles. The molecule has 0 fully saturated rings. The summed E-state index contributed by atoms with van der Waals surface area (Å²) in [5, 5.41) is 0. The van der Waals surface area contributed by atoms with Gasteiger partial charge in [-0.2, -0.15) is 0 Å². The van der Waals surface area contributed by atoms with E-state index in [-0.39, 0.29) is 0 Å². The van der Waals surface area contributed by atoms with Gasteiger partial charge in [-0.25, -0.2) is 0 Å². The number of rotatable bonds is 2. The molecular formula is C12H9Br2NS. The molecule has 0 unspecified atom stereocenters. The fraction of sp³-hybridized carbons (Fsp3) is 0. The van der Waals surface area contributed by atoms with Crippen molar-refractivity contribution >= 4 is 49.3 Å². The molecule has 16 heavy (non-hydrogen) atoms. The Balaban J connectivity index is 2.23. The molecule has 4 heteroatoms. The lowest BCUT2D eigenvalue weighted by Gasteiger charge is -2.05. The Hall–Kier alpha value is -0.450. The standard InChI is InChI=1S/C12H9Br2NS/c13-8-1-4-10(5-2-8)16-12-6-3-9(15)7-11(12)14/h1-7H,15H2. The molecule has 0 aliphatic rings. The molecule has 0 radical (unpaired) electrons. The Kier molecular flexibility index (Phi) is 3.95. The van der Waals surface area contributed by atoms with E-state index in [0.717, 1.165) is 19.5 Å². The summed E-state index contributed by atoms with van der Waals surface area (Å²) >= 11 is 8.64. The van der Waals surface area contributed by atoms with Crippen LogP contribution in [-0.4, -0.2) is 0 Å². The van der Waals surface area contributed by atoms with Crippen LogP contribution in [0.3, 0.4) is 0 Å². The zero-order valence-electron chi connectivity index (χ0n) is 8.28. The van der Waals surface area contributed by atoms with E-state index in [9.17, 15) is 0 Å². The van der Waals surface area contributed by atoms with E-state index in [1.165, 1.54) is 4.90 Å². The van der Waals surface area contributed by atoms with Crippen molar-refractivity contribution in [2.45, 2.75) is 9.79 Å². The summed E-state index contributed by atoms with van der Waals surface area (Å²) in [6.07, 6.45) is 0. The van der Waals surface area contributed by atoms with Crippen LogP contribution in [0.1, 0.15) is 0 Å². The molecule has 2 aromatic rings. The van der Waals surface area contributed by atoms with Gasteiger partial charge in [0, 0.05) is 24.4 Å². The second kappa shape index (κ2) is 5.25. The van der Waals surface area contributed by atoms with Crippen LogP contribution in [0.2, 0.25) is 0 Å². The van der Waals surface area contributed by atoms with E-state index in [4.69, 9.17) is 5.73 Å². The minimum Gasteiger partial charge on any atom is -0.399 e. The first-order chi connectivity index (χ1) is 7.65. The van der Waals surface area contributed by atoms with E-state index in [2.05, 4.69) is 44.0 Å². The van der Waals surface area contributed by atoms with Crippen molar-refractivity contribution in [3.8, 4) is 0 Å². The van der Waals surface area contributed by atoms with Crippen LogP contribution in [0.4, 0.5) is 5.69 Å². The van der Waals surface area contributed by atoms with Gasteiger partial charge >= 0.3 is 0 Å². The lowest BCUT2D eigenvalue weighted by atomic mass is 10.3. The van der Waals surface area contributed by atoms with Gasteiger partial charge in [0.25, 0.3) is 0 Å². The van der Waals surface area contributed by atoms with Gasteiger partial charge in [-0.1, -0.05) is 27.7 Å². The second-order valence-corrected chi connectivity index (χ2v) is 6.13. The number of hydrogen-bond donors (Lipinski definition) is 1. The van der Waals surface area contributed by atoms with Gasteiger partial charge in [0.15, 0.2) is 0 Å². The van der Waals surface area contributed by atoms with Crippen LogP contribution in [-0.2, 0) is 0 Å². The van der Waals surface area contributed by atoms with Crippen molar-refractivity contribution in [1.82, 2.24) is 0 Å². The number of nitrogens with two attached hydrogens (primary N) is 1. The van der Waals surface area contributed by atoms with Gasteiger partial charge < -0.3 is 5.73 Å². The van der Waals surface area contributed by atoms with Crippen molar-refractivity contribution < 1.29 is 0 Å². The highest BCUT2D eigenvalue weighted by Crippen LogP contribution is 2.34. The van der Waals surface area contributed by atoms with Crippen molar-refractivity contribution in [3.63, 3.8) is 0 Å². The summed E-state index contributed by atoms with van der Waals surface area (Å²) in [5.74, 6) is 0. The van der Waals surface area contributed by atoms with Crippen molar-refractivity contribution in [3.05, 3.63) is 51.4 Å². The number of hydrogen-bond acceptors (Lipinski definition) is 2. The van der Waals surface area contributed by atoms with Gasteiger partial charge in [-0.05, 0) is 58.4 Å². The zero-order chi connectivity index (χ0) is 11.5. The number of anilines is 1. The summed E-state index contributed by atoms with van der Waals surface area (Å²) < 4.78 is 2.12. The maximum atomic E-state index is 5.70. The molecule has 0 heterocycles.